The van der Waals surface area contributed by atoms with Crippen molar-refractivity contribution in [1.82, 2.24) is 4.90 Å². The van der Waals surface area contributed by atoms with Crippen LogP contribution in [0.1, 0.15) is 46.0 Å². The van der Waals surface area contributed by atoms with Crippen LogP contribution >= 0.6 is 15.9 Å². The minimum Gasteiger partial charge on any atom is -0.381 e. The van der Waals surface area contributed by atoms with Gasteiger partial charge in [-0.1, -0.05) is 22.9 Å². The number of nitrogens with zero attached hydrogens (tertiary/aromatic N) is 1. The van der Waals surface area contributed by atoms with Gasteiger partial charge in [-0.25, -0.2) is 0 Å². The number of hydrogen-bond donors (Lipinski definition) is 0. The van der Waals surface area contributed by atoms with Gasteiger partial charge in [0.2, 0.25) is 0 Å². The number of halogens is 1. The minimum absolute atomic E-state index is 0.463. The highest BCUT2D eigenvalue weighted by atomic mass is 79.9. The lowest BCUT2D eigenvalue weighted by Crippen LogP contribution is -2.46. The second-order valence-corrected chi connectivity index (χ2v) is 6.47. The Balaban J connectivity index is 2.01. The average molecular weight is 304 g/mol. The maximum Gasteiger partial charge on any atom is 0.0472 e. The molecule has 2 rings (SSSR count). The summed E-state index contributed by atoms with van der Waals surface area (Å²) in [4.78, 5) is 2.77. The van der Waals surface area contributed by atoms with E-state index < -0.39 is 0 Å². The molecule has 0 spiro atoms. The standard InChI is InChI=1S/C14H26BrNO/c1-3-13-5-4-12(2)16(13)11-14(10-15)6-8-17-9-7-14/h12-13H,3-11H2,1-2H3. The number of hydrogen-bond acceptors (Lipinski definition) is 2. The maximum atomic E-state index is 5.53. The fraction of sp³-hybridized carbons (Fsp3) is 1.00. The van der Waals surface area contributed by atoms with Gasteiger partial charge in [-0.3, -0.25) is 4.90 Å². The van der Waals surface area contributed by atoms with E-state index in [2.05, 4.69) is 34.7 Å². The van der Waals surface area contributed by atoms with Gasteiger partial charge < -0.3 is 4.74 Å². The third-order valence-electron chi connectivity index (χ3n) is 4.78. The van der Waals surface area contributed by atoms with Crippen molar-refractivity contribution in [2.24, 2.45) is 5.41 Å². The molecule has 100 valence electrons. The molecule has 2 atom stereocenters. The first-order chi connectivity index (χ1) is 8.21. The summed E-state index contributed by atoms with van der Waals surface area (Å²) >= 11 is 3.75. The lowest BCUT2D eigenvalue weighted by atomic mass is 9.81. The van der Waals surface area contributed by atoms with Crippen molar-refractivity contribution in [3.05, 3.63) is 0 Å². The average Bonchev–Trinajstić information content (AvgIpc) is 2.72. The first-order valence-corrected chi connectivity index (χ1v) is 8.22. The molecule has 0 aromatic carbocycles. The first kappa shape index (κ1) is 13.8. The van der Waals surface area contributed by atoms with Gasteiger partial charge in [0.1, 0.15) is 0 Å². The molecular weight excluding hydrogens is 278 g/mol. The highest BCUT2D eigenvalue weighted by molar-refractivity contribution is 9.09. The van der Waals surface area contributed by atoms with Gasteiger partial charge in [-0.05, 0) is 44.4 Å². The van der Waals surface area contributed by atoms with Crippen molar-refractivity contribution in [2.45, 2.75) is 58.0 Å². The quantitative estimate of drug-likeness (QED) is 0.738. The molecule has 0 aliphatic carbocycles. The van der Waals surface area contributed by atoms with E-state index in [1.807, 2.05) is 0 Å². The van der Waals surface area contributed by atoms with E-state index >= 15 is 0 Å². The molecule has 0 aromatic heterocycles. The van der Waals surface area contributed by atoms with Crippen LogP contribution in [0.25, 0.3) is 0 Å². The Morgan fingerprint density at radius 2 is 2.00 bits per heavy atom. The normalized spacial score (nSPS) is 34.1. The van der Waals surface area contributed by atoms with Gasteiger partial charge in [0.05, 0.1) is 0 Å². The lowest BCUT2D eigenvalue weighted by molar-refractivity contribution is -0.000141. The van der Waals surface area contributed by atoms with Gasteiger partial charge in [-0.15, -0.1) is 0 Å². The van der Waals surface area contributed by atoms with Crippen LogP contribution in [-0.4, -0.2) is 42.1 Å². The summed E-state index contributed by atoms with van der Waals surface area (Å²) in [6, 6.07) is 1.60. The van der Waals surface area contributed by atoms with Gasteiger partial charge >= 0.3 is 0 Å². The maximum absolute atomic E-state index is 5.53. The number of rotatable bonds is 4. The fourth-order valence-corrected chi connectivity index (χ4v) is 4.11. The molecule has 0 saturated carbocycles. The molecule has 2 heterocycles. The van der Waals surface area contributed by atoms with Crippen molar-refractivity contribution in [2.75, 3.05) is 25.1 Å². The summed E-state index contributed by atoms with van der Waals surface area (Å²) in [6.07, 6.45) is 6.52. The second kappa shape index (κ2) is 6.03. The van der Waals surface area contributed by atoms with Crippen LogP contribution in [0, 0.1) is 5.41 Å². The van der Waals surface area contributed by atoms with Crippen LogP contribution in [0.15, 0.2) is 0 Å². The molecule has 2 nitrogen and oxygen atoms in total. The predicted octanol–water partition coefficient (Wildman–Crippen LogP) is 3.44. The van der Waals surface area contributed by atoms with Gasteiger partial charge in [0.15, 0.2) is 0 Å². The van der Waals surface area contributed by atoms with E-state index in [9.17, 15) is 0 Å². The van der Waals surface area contributed by atoms with E-state index in [4.69, 9.17) is 4.74 Å². The summed E-state index contributed by atoms with van der Waals surface area (Å²) in [5.41, 5.74) is 0.463. The smallest absolute Gasteiger partial charge is 0.0472 e. The molecular formula is C14H26BrNO. The molecule has 2 unspecified atom stereocenters. The van der Waals surface area contributed by atoms with E-state index in [-0.39, 0.29) is 0 Å². The van der Waals surface area contributed by atoms with Crippen molar-refractivity contribution in [3.8, 4) is 0 Å². The van der Waals surface area contributed by atoms with Gasteiger partial charge in [0.25, 0.3) is 0 Å². The van der Waals surface area contributed by atoms with Crippen molar-refractivity contribution >= 4 is 15.9 Å². The Hall–Kier alpha value is 0.400. The van der Waals surface area contributed by atoms with Crippen LogP contribution in [0.2, 0.25) is 0 Å². The van der Waals surface area contributed by atoms with Crippen LogP contribution in [-0.2, 0) is 4.74 Å². The summed E-state index contributed by atoms with van der Waals surface area (Å²) in [5, 5.41) is 1.13. The monoisotopic (exact) mass is 303 g/mol. The molecule has 3 heteroatoms. The highest BCUT2D eigenvalue weighted by Gasteiger charge is 2.38. The molecule has 0 N–H and O–H groups in total. The highest BCUT2D eigenvalue weighted by Crippen LogP contribution is 2.37. The summed E-state index contributed by atoms with van der Waals surface area (Å²) in [5.74, 6) is 0. The molecule has 17 heavy (non-hydrogen) atoms. The van der Waals surface area contributed by atoms with Crippen LogP contribution in [0.3, 0.4) is 0 Å². The van der Waals surface area contributed by atoms with Crippen LogP contribution in [0.4, 0.5) is 0 Å². The Labute approximate surface area is 114 Å². The predicted molar refractivity (Wildman–Crippen MR) is 75.8 cm³/mol. The minimum atomic E-state index is 0.463. The SMILES string of the molecule is CCC1CCC(C)N1CC1(CBr)CCOCC1. The number of likely N-dealkylation sites (tertiary alicyclic amines) is 1. The Morgan fingerprint density at radius 1 is 1.29 bits per heavy atom. The molecule has 0 bridgehead atoms. The largest absolute Gasteiger partial charge is 0.381 e. The molecule has 2 aliphatic heterocycles. The Bertz CT molecular complexity index is 240. The first-order valence-electron chi connectivity index (χ1n) is 7.10. The fourth-order valence-electron chi connectivity index (χ4n) is 3.37. The Kier molecular flexibility index (Phi) is 4.90. The van der Waals surface area contributed by atoms with Crippen LogP contribution < -0.4 is 0 Å². The van der Waals surface area contributed by atoms with E-state index in [1.54, 1.807) is 0 Å². The number of ether oxygens (including phenoxy) is 1. The molecule has 0 amide bonds. The zero-order valence-electron chi connectivity index (χ0n) is 11.3. The lowest BCUT2D eigenvalue weighted by Gasteiger charge is -2.42. The summed E-state index contributed by atoms with van der Waals surface area (Å²) in [6.45, 7) is 7.90. The zero-order valence-corrected chi connectivity index (χ0v) is 12.8. The van der Waals surface area contributed by atoms with E-state index in [0.29, 0.717) is 5.41 Å². The van der Waals surface area contributed by atoms with E-state index in [1.165, 1.54) is 38.6 Å². The summed E-state index contributed by atoms with van der Waals surface area (Å²) < 4.78 is 5.53. The summed E-state index contributed by atoms with van der Waals surface area (Å²) in [7, 11) is 0. The molecule has 2 aliphatic rings. The number of alkyl halides is 1. The Morgan fingerprint density at radius 3 is 2.59 bits per heavy atom. The van der Waals surface area contributed by atoms with Crippen molar-refractivity contribution < 1.29 is 4.74 Å². The topological polar surface area (TPSA) is 12.5 Å². The zero-order chi connectivity index (χ0) is 12.3. The molecule has 0 radical (unpaired) electrons. The van der Waals surface area contributed by atoms with Crippen LogP contribution in [0.5, 0.6) is 0 Å². The third-order valence-corrected chi connectivity index (χ3v) is 5.97. The third kappa shape index (κ3) is 3.05. The van der Waals surface area contributed by atoms with Crippen molar-refractivity contribution in [1.29, 1.82) is 0 Å². The van der Waals surface area contributed by atoms with E-state index in [0.717, 1.165) is 30.6 Å². The molecule has 2 fully saturated rings. The van der Waals surface area contributed by atoms with Crippen molar-refractivity contribution in [3.63, 3.8) is 0 Å². The van der Waals surface area contributed by atoms with Gasteiger partial charge in [-0.2, -0.15) is 0 Å². The molecule has 0 aromatic rings. The second-order valence-electron chi connectivity index (χ2n) is 5.91. The molecule has 2 saturated heterocycles. The van der Waals surface area contributed by atoms with Gasteiger partial charge in [0, 0.05) is 37.2 Å².